The second kappa shape index (κ2) is 11.5. The van der Waals surface area contributed by atoms with Gasteiger partial charge in [0.05, 0.1) is 30.9 Å². The van der Waals surface area contributed by atoms with Crippen LogP contribution in [0, 0.1) is 6.92 Å². The molecule has 2 heterocycles. The molecule has 0 spiro atoms. The summed E-state index contributed by atoms with van der Waals surface area (Å²) in [6.07, 6.45) is -15.8. The molecule has 7 N–H and O–H groups in total. The Morgan fingerprint density at radius 3 is 2.17 bits per heavy atom. The zero-order chi connectivity index (χ0) is 30.6. The summed E-state index contributed by atoms with van der Waals surface area (Å²) in [6, 6.07) is 5.40. The molecule has 3 aliphatic rings. The van der Waals surface area contributed by atoms with Gasteiger partial charge in [0.1, 0.15) is 53.9 Å². The Balaban J connectivity index is 1.55. The monoisotopic (exact) mass is 592 g/mol. The van der Waals surface area contributed by atoms with E-state index >= 15 is 0 Å². The fourth-order valence-corrected chi connectivity index (χ4v) is 5.37. The number of aliphatic hydroxyl groups is 6. The van der Waals surface area contributed by atoms with Gasteiger partial charge in [-0.05, 0) is 37.6 Å². The quantitative estimate of drug-likeness (QED) is 0.173. The van der Waals surface area contributed by atoms with E-state index in [-0.39, 0.29) is 33.8 Å². The highest BCUT2D eigenvalue weighted by atomic mass is 16.8. The van der Waals surface area contributed by atoms with Crippen molar-refractivity contribution in [3.8, 4) is 17.2 Å². The Hall–Kier alpha value is -3.18. The van der Waals surface area contributed by atoms with Crippen LogP contribution in [0.4, 0.5) is 0 Å². The predicted molar refractivity (Wildman–Crippen MR) is 138 cm³/mol. The van der Waals surface area contributed by atoms with Crippen molar-refractivity contribution in [1.29, 1.82) is 0 Å². The van der Waals surface area contributed by atoms with Gasteiger partial charge in [-0.25, -0.2) is 0 Å². The average molecular weight is 593 g/mol. The van der Waals surface area contributed by atoms with Crippen molar-refractivity contribution in [2.75, 3.05) is 13.7 Å². The lowest BCUT2D eigenvalue weighted by molar-refractivity contribution is -0.354. The maximum absolute atomic E-state index is 13.7. The molecule has 2 fully saturated rings. The summed E-state index contributed by atoms with van der Waals surface area (Å²) in [5, 5.41) is 72.5. The lowest BCUT2D eigenvalue weighted by Gasteiger charge is -2.45. The summed E-state index contributed by atoms with van der Waals surface area (Å²) in [5.74, 6) is -1.93. The smallest absolute Gasteiger partial charge is 0.229 e. The zero-order valence-corrected chi connectivity index (χ0v) is 22.8. The van der Waals surface area contributed by atoms with Gasteiger partial charge in [0.2, 0.25) is 12.1 Å². The zero-order valence-electron chi connectivity index (χ0n) is 22.8. The van der Waals surface area contributed by atoms with Gasteiger partial charge in [0.15, 0.2) is 18.2 Å². The molecular weight excluding hydrogens is 560 g/mol. The van der Waals surface area contributed by atoms with Crippen LogP contribution in [0.5, 0.6) is 17.2 Å². The summed E-state index contributed by atoms with van der Waals surface area (Å²) >= 11 is 0. The minimum Gasteiger partial charge on any atom is -0.507 e. The van der Waals surface area contributed by atoms with Crippen LogP contribution in [0.1, 0.15) is 44.3 Å². The molecular formula is C28H32O14. The van der Waals surface area contributed by atoms with E-state index in [1.807, 2.05) is 0 Å². The fraction of sp³-hybridized carbons (Fsp3) is 0.500. The second-order valence-electron chi connectivity index (χ2n) is 10.5. The van der Waals surface area contributed by atoms with Gasteiger partial charge in [-0.3, -0.25) is 9.59 Å². The first-order chi connectivity index (χ1) is 19.9. The first-order valence-electron chi connectivity index (χ1n) is 13.2. The standard InChI is InChI=1S/C28H32O14/c1-9-4-12-17(14(30)5-9)22(34)18-13(20(12)32)6-11(38-3)7-15(18)40-28-26(24(36)21(33)16(8-29)41-28)42-27-25(37)23(35)19(31)10(2)39-27/h4-7,10,16,19,21,23-31,33,35-37H,8H2,1-3H3/t10-,16+,19-,21+,23+,24-,25+,26+,27-,28+/m0/s1. The largest absolute Gasteiger partial charge is 0.507 e. The maximum atomic E-state index is 13.7. The summed E-state index contributed by atoms with van der Waals surface area (Å²) < 4.78 is 28.2. The number of aliphatic hydroxyl groups excluding tert-OH is 6. The third-order valence-electron chi connectivity index (χ3n) is 7.68. The van der Waals surface area contributed by atoms with Crippen molar-refractivity contribution in [1.82, 2.24) is 0 Å². The number of hydrogen-bond donors (Lipinski definition) is 7. The summed E-state index contributed by atoms with van der Waals surface area (Å²) in [4.78, 5) is 27.2. The molecule has 2 aromatic carbocycles. The molecule has 0 saturated carbocycles. The summed E-state index contributed by atoms with van der Waals surface area (Å²) in [6.45, 7) is 2.30. The van der Waals surface area contributed by atoms with Crippen LogP contribution < -0.4 is 9.47 Å². The molecule has 0 aromatic heterocycles. The molecule has 0 radical (unpaired) electrons. The molecule has 2 aromatic rings. The molecule has 2 saturated heterocycles. The molecule has 14 nitrogen and oxygen atoms in total. The maximum Gasteiger partial charge on any atom is 0.229 e. The van der Waals surface area contributed by atoms with E-state index in [1.54, 1.807) is 6.92 Å². The Morgan fingerprint density at radius 2 is 1.50 bits per heavy atom. The third kappa shape index (κ3) is 5.04. The highest BCUT2D eigenvalue weighted by molar-refractivity contribution is 6.30. The van der Waals surface area contributed by atoms with Gasteiger partial charge in [0, 0.05) is 17.2 Å². The van der Waals surface area contributed by atoms with E-state index < -0.39 is 85.3 Å². The van der Waals surface area contributed by atoms with Crippen LogP contribution in [-0.2, 0) is 14.2 Å². The van der Waals surface area contributed by atoms with Crippen LogP contribution >= 0.6 is 0 Å². The molecule has 1 aliphatic carbocycles. The van der Waals surface area contributed by atoms with Gasteiger partial charge in [-0.15, -0.1) is 0 Å². The van der Waals surface area contributed by atoms with Crippen LogP contribution in [0.2, 0.25) is 0 Å². The lowest BCUT2D eigenvalue weighted by Crippen LogP contribution is -2.64. The number of ketones is 2. The highest BCUT2D eigenvalue weighted by Gasteiger charge is 2.51. The number of methoxy groups -OCH3 is 1. The number of aromatic hydroxyl groups is 1. The normalized spacial score (nSPS) is 34.5. The lowest BCUT2D eigenvalue weighted by atomic mass is 9.82. The van der Waals surface area contributed by atoms with Crippen molar-refractivity contribution in [3.63, 3.8) is 0 Å². The van der Waals surface area contributed by atoms with E-state index in [2.05, 4.69) is 0 Å². The molecule has 0 amide bonds. The summed E-state index contributed by atoms with van der Waals surface area (Å²) in [5.41, 5.74) is -0.0631. The first-order valence-corrected chi connectivity index (χ1v) is 13.2. The fourth-order valence-electron chi connectivity index (χ4n) is 5.37. The predicted octanol–water partition coefficient (Wildman–Crippen LogP) is -1.48. The highest BCUT2D eigenvalue weighted by Crippen LogP contribution is 2.41. The van der Waals surface area contributed by atoms with Crippen molar-refractivity contribution in [2.24, 2.45) is 0 Å². The average Bonchev–Trinajstić information content (AvgIpc) is 2.96. The number of ether oxygens (including phenoxy) is 5. The van der Waals surface area contributed by atoms with E-state index in [0.29, 0.717) is 5.56 Å². The third-order valence-corrected chi connectivity index (χ3v) is 7.68. The number of phenolic OH excluding ortho intramolecular Hbond substituents is 1. The number of aryl methyl sites for hydroxylation is 1. The number of carbonyl (C=O) groups excluding carboxylic acids is 2. The van der Waals surface area contributed by atoms with Crippen molar-refractivity contribution in [2.45, 2.75) is 75.3 Å². The minimum atomic E-state index is -1.82. The number of rotatable bonds is 6. The number of hydrogen-bond acceptors (Lipinski definition) is 14. The Labute approximate surface area is 239 Å². The number of carbonyl (C=O) groups is 2. The van der Waals surface area contributed by atoms with Crippen molar-refractivity contribution in [3.05, 3.63) is 52.1 Å². The van der Waals surface area contributed by atoms with E-state index in [0.717, 1.165) is 0 Å². The van der Waals surface area contributed by atoms with E-state index in [4.69, 9.17) is 23.7 Å². The number of benzene rings is 2. The van der Waals surface area contributed by atoms with Gasteiger partial charge in [-0.2, -0.15) is 0 Å². The van der Waals surface area contributed by atoms with E-state index in [9.17, 15) is 45.3 Å². The molecule has 14 heteroatoms. The van der Waals surface area contributed by atoms with Crippen LogP contribution in [-0.4, -0.2) is 122 Å². The van der Waals surface area contributed by atoms with Crippen LogP contribution in [0.15, 0.2) is 24.3 Å². The van der Waals surface area contributed by atoms with Crippen LogP contribution in [0.3, 0.4) is 0 Å². The summed E-state index contributed by atoms with van der Waals surface area (Å²) in [7, 11) is 1.32. The van der Waals surface area contributed by atoms with Gasteiger partial charge in [-0.1, -0.05) is 0 Å². The van der Waals surface area contributed by atoms with Gasteiger partial charge in [0.25, 0.3) is 0 Å². The Kier molecular flexibility index (Phi) is 8.28. The number of phenols is 1. The molecule has 10 atom stereocenters. The molecule has 2 aliphatic heterocycles. The van der Waals surface area contributed by atoms with Gasteiger partial charge < -0.3 is 59.4 Å². The minimum absolute atomic E-state index is 0.0171. The number of fused-ring (bicyclic) bond motifs is 2. The first kappa shape index (κ1) is 30.3. The van der Waals surface area contributed by atoms with Crippen molar-refractivity contribution >= 4 is 11.6 Å². The van der Waals surface area contributed by atoms with Crippen molar-refractivity contribution < 1.29 is 69.0 Å². The van der Waals surface area contributed by atoms with Crippen LogP contribution in [0.25, 0.3) is 0 Å². The van der Waals surface area contributed by atoms with Gasteiger partial charge >= 0.3 is 0 Å². The molecule has 5 rings (SSSR count). The molecule has 228 valence electrons. The topological polar surface area (TPSA) is 222 Å². The van der Waals surface area contributed by atoms with E-state index in [1.165, 1.54) is 38.3 Å². The SMILES string of the molecule is COc1cc(O[C@@H]2O[C@H](CO)[C@@H](O)[C@H](O)[C@H]2O[C@@H]2O[C@@H](C)[C@H](O)[C@@H](O)[C@H]2O)c2c(c1)C(=O)c1cc(C)cc(O)c1C2=O. The molecule has 0 bridgehead atoms. The molecule has 0 unspecified atom stereocenters. The Morgan fingerprint density at radius 1 is 0.810 bits per heavy atom. The molecule has 42 heavy (non-hydrogen) atoms. The second-order valence-corrected chi connectivity index (χ2v) is 10.5. The Bertz CT molecular complexity index is 1380.